The molecule has 1 rings (SSSR count). The summed E-state index contributed by atoms with van der Waals surface area (Å²) in [4.78, 5) is 11.1. The summed E-state index contributed by atoms with van der Waals surface area (Å²) in [5, 5.41) is 0. The number of carbonyl (C=O) groups excluding carboxylic acids is 1. The molecular weight excluding hydrogens is 160 g/mol. The number of ketones is 1. The van der Waals surface area contributed by atoms with E-state index in [0.29, 0.717) is 32.8 Å². The first-order chi connectivity index (χ1) is 5.84. The predicted octanol–water partition coefficient (Wildman–Crippen LogP) is 0.00740. The van der Waals surface area contributed by atoms with Gasteiger partial charge in [-0.1, -0.05) is 0 Å². The Morgan fingerprint density at radius 3 is 3.08 bits per heavy atom. The van der Waals surface area contributed by atoms with Gasteiger partial charge in [-0.15, -0.1) is 0 Å². The Morgan fingerprint density at radius 2 is 2.42 bits per heavy atom. The molecule has 0 aliphatic carbocycles. The smallest absolute Gasteiger partial charge is 0.166 e. The number of ether oxygens (including phenoxy) is 3. The maximum atomic E-state index is 11.1. The molecule has 0 aromatic rings. The summed E-state index contributed by atoms with van der Waals surface area (Å²) in [6.45, 7) is 1.89. The zero-order valence-corrected chi connectivity index (χ0v) is 7.25. The highest BCUT2D eigenvalue weighted by molar-refractivity contribution is 5.83. The largest absolute Gasteiger partial charge is 0.382 e. The van der Waals surface area contributed by atoms with E-state index in [1.54, 1.807) is 7.11 Å². The van der Waals surface area contributed by atoms with Crippen LogP contribution in [0, 0.1) is 0 Å². The van der Waals surface area contributed by atoms with Crippen molar-refractivity contribution in [3.05, 3.63) is 0 Å². The molecule has 0 aromatic heterocycles. The van der Waals surface area contributed by atoms with E-state index in [-0.39, 0.29) is 11.9 Å². The van der Waals surface area contributed by atoms with Crippen molar-refractivity contribution < 1.29 is 19.0 Å². The number of methoxy groups -OCH3 is 1. The van der Waals surface area contributed by atoms with Crippen LogP contribution in [0.15, 0.2) is 0 Å². The number of rotatable bonds is 4. The molecule has 0 N–H and O–H groups in total. The summed E-state index contributed by atoms with van der Waals surface area (Å²) in [5.74, 6) is 0.136. The first-order valence-corrected chi connectivity index (χ1v) is 4.05. The van der Waals surface area contributed by atoms with Crippen LogP contribution >= 0.6 is 0 Å². The second kappa shape index (κ2) is 5.24. The molecular formula is C8H14O4. The Hall–Kier alpha value is -0.450. The van der Waals surface area contributed by atoms with Crippen molar-refractivity contribution in [3.63, 3.8) is 0 Å². The second-order valence-electron chi connectivity index (χ2n) is 2.64. The van der Waals surface area contributed by atoms with Gasteiger partial charge in [-0.3, -0.25) is 4.79 Å². The van der Waals surface area contributed by atoms with E-state index < -0.39 is 0 Å². The molecule has 1 fully saturated rings. The van der Waals surface area contributed by atoms with Gasteiger partial charge in [0.05, 0.1) is 26.4 Å². The van der Waals surface area contributed by atoms with Gasteiger partial charge in [-0.05, 0) is 0 Å². The lowest BCUT2D eigenvalue weighted by molar-refractivity contribution is -0.143. The highest BCUT2D eigenvalue weighted by Gasteiger charge is 2.22. The van der Waals surface area contributed by atoms with Crippen LogP contribution < -0.4 is 0 Å². The lowest BCUT2D eigenvalue weighted by Crippen LogP contribution is -2.35. The van der Waals surface area contributed by atoms with Crippen LogP contribution in [-0.4, -0.2) is 45.4 Å². The molecule has 12 heavy (non-hydrogen) atoms. The molecule has 0 bridgehead atoms. The molecule has 4 nitrogen and oxygen atoms in total. The van der Waals surface area contributed by atoms with Crippen molar-refractivity contribution in [2.45, 2.75) is 12.5 Å². The van der Waals surface area contributed by atoms with Crippen LogP contribution in [0.2, 0.25) is 0 Å². The van der Waals surface area contributed by atoms with E-state index in [0.717, 1.165) is 0 Å². The van der Waals surface area contributed by atoms with Crippen LogP contribution in [0.25, 0.3) is 0 Å². The van der Waals surface area contributed by atoms with Crippen molar-refractivity contribution >= 4 is 5.78 Å². The fourth-order valence-corrected chi connectivity index (χ4v) is 1.03. The third-order valence-corrected chi connectivity index (χ3v) is 1.73. The number of carbonyl (C=O) groups is 1. The van der Waals surface area contributed by atoms with Crippen molar-refractivity contribution in [1.82, 2.24) is 0 Å². The second-order valence-corrected chi connectivity index (χ2v) is 2.64. The third kappa shape index (κ3) is 2.89. The molecule has 0 amide bonds. The summed E-state index contributed by atoms with van der Waals surface area (Å²) in [7, 11) is 1.60. The van der Waals surface area contributed by atoms with Gasteiger partial charge in [0.1, 0.15) is 6.10 Å². The van der Waals surface area contributed by atoms with Crippen LogP contribution in [0.4, 0.5) is 0 Å². The number of hydrogen-bond acceptors (Lipinski definition) is 4. The monoisotopic (exact) mass is 174 g/mol. The molecule has 1 unspecified atom stereocenters. The SMILES string of the molecule is COCCOC1COCCC1=O. The van der Waals surface area contributed by atoms with Crippen LogP contribution in [0.3, 0.4) is 0 Å². The predicted molar refractivity (Wildman–Crippen MR) is 42.1 cm³/mol. The topological polar surface area (TPSA) is 44.8 Å². The molecule has 1 atom stereocenters. The minimum Gasteiger partial charge on any atom is -0.382 e. The van der Waals surface area contributed by atoms with Crippen molar-refractivity contribution in [3.8, 4) is 0 Å². The molecule has 4 heteroatoms. The van der Waals surface area contributed by atoms with E-state index >= 15 is 0 Å². The van der Waals surface area contributed by atoms with Gasteiger partial charge < -0.3 is 14.2 Å². The summed E-state index contributed by atoms with van der Waals surface area (Å²) in [5.41, 5.74) is 0. The lowest BCUT2D eigenvalue weighted by Gasteiger charge is -2.20. The van der Waals surface area contributed by atoms with Gasteiger partial charge in [0.25, 0.3) is 0 Å². The average molecular weight is 174 g/mol. The maximum Gasteiger partial charge on any atom is 0.166 e. The highest BCUT2D eigenvalue weighted by Crippen LogP contribution is 2.05. The Kier molecular flexibility index (Phi) is 4.21. The molecule has 1 aliphatic heterocycles. The minimum atomic E-state index is -0.367. The first kappa shape index (κ1) is 9.64. The molecule has 70 valence electrons. The Balaban J connectivity index is 2.16. The van der Waals surface area contributed by atoms with E-state index in [9.17, 15) is 4.79 Å². The van der Waals surface area contributed by atoms with E-state index in [4.69, 9.17) is 14.2 Å². The highest BCUT2D eigenvalue weighted by atomic mass is 16.6. The number of Topliss-reactive ketones (excluding diaryl/α,β-unsaturated/α-hetero) is 1. The molecule has 0 spiro atoms. The van der Waals surface area contributed by atoms with Gasteiger partial charge in [0, 0.05) is 13.5 Å². The summed E-state index contributed by atoms with van der Waals surface area (Å²) < 4.78 is 15.1. The van der Waals surface area contributed by atoms with E-state index in [2.05, 4.69) is 0 Å². The fourth-order valence-electron chi connectivity index (χ4n) is 1.03. The summed E-state index contributed by atoms with van der Waals surface area (Å²) in [6.07, 6.45) is 0.103. The van der Waals surface area contributed by atoms with Gasteiger partial charge in [0.15, 0.2) is 5.78 Å². The Morgan fingerprint density at radius 1 is 1.58 bits per heavy atom. The molecule has 1 aliphatic rings. The van der Waals surface area contributed by atoms with Gasteiger partial charge >= 0.3 is 0 Å². The van der Waals surface area contributed by atoms with Crippen molar-refractivity contribution in [2.24, 2.45) is 0 Å². The van der Waals surface area contributed by atoms with Gasteiger partial charge in [0.2, 0.25) is 0 Å². The lowest BCUT2D eigenvalue weighted by atomic mass is 10.1. The van der Waals surface area contributed by atoms with Crippen LogP contribution in [-0.2, 0) is 19.0 Å². The Labute approximate surface area is 71.8 Å². The molecule has 0 saturated carbocycles. The number of hydrogen-bond donors (Lipinski definition) is 0. The molecule has 1 saturated heterocycles. The van der Waals surface area contributed by atoms with Crippen molar-refractivity contribution in [1.29, 1.82) is 0 Å². The fraction of sp³-hybridized carbons (Fsp3) is 0.875. The Bertz CT molecular complexity index is 146. The van der Waals surface area contributed by atoms with E-state index in [1.807, 2.05) is 0 Å². The zero-order valence-electron chi connectivity index (χ0n) is 7.25. The minimum absolute atomic E-state index is 0.136. The molecule has 0 radical (unpaired) electrons. The zero-order chi connectivity index (χ0) is 8.81. The standard InChI is InChI=1S/C8H14O4/c1-10-4-5-12-8-6-11-3-2-7(8)9/h8H,2-6H2,1H3. The van der Waals surface area contributed by atoms with Crippen LogP contribution in [0.1, 0.15) is 6.42 Å². The maximum absolute atomic E-state index is 11.1. The first-order valence-electron chi connectivity index (χ1n) is 4.05. The summed E-state index contributed by atoms with van der Waals surface area (Å²) >= 11 is 0. The van der Waals surface area contributed by atoms with Crippen LogP contribution in [0.5, 0.6) is 0 Å². The normalized spacial score (nSPS) is 24.4. The average Bonchev–Trinajstić information content (AvgIpc) is 2.09. The van der Waals surface area contributed by atoms with Crippen molar-refractivity contribution in [2.75, 3.05) is 33.5 Å². The van der Waals surface area contributed by atoms with Gasteiger partial charge in [-0.2, -0.15) is 0 Å². The third-order valence-electron chi connectivity index (χ3n) is 1.73. The van der Waals surface area contributed by atoms with Gasteiger partial charge in [-0.25, -0.2) is 0 Å². The quantitative estimate of drug-likeness (QED) is 0.563. The molecule has 0 aromatic carbocycles. The summed E-state index contributed by atoms with van der Waals surface area (Å²) in [6, 6.07) is 0. The molecule has 1 heterocycles. The van der Waals surface area contributed by atoms with E-state index in [1.165, 1.54) is 0 Å².